The Morgan fingerprint density at radius 2 is 2.00 bits per heavy atom. The van der Waals surface area contributed by atoms with Crippen molar-refractivity contribution in [3.05, 3.63) is 57.5 Å². The zero-order valence-corrected chi connectivity index (χ0v) is 17.8. The van der Waals surface area contributed by atoms with Gasteiger partial charge in [0.15, 0.2) is 0 Å². The highest BCUT2D eigenvalue weighted by Gasteiger charge is 2.24. The summed E-state index contributed by atoms with van der Waals surface area (Å²) in [7, 11) is 0. The zero-order chi connectivity index (χ0) is 22.7. The van der Waals surface area contributed by atoms with E-state index in [2.05, 4.69) is 28.1 Å². The SMILES string of the molecule is CC#CCn1c(N2CCNCC2)nc2cc(C(N)=O)n(Cc3ccccc3C#N)c(=O)c21. The summed E-state index contributed by atoms with van der Waals surface area (Å²) >= 11 is 0. The third kappa shape index (κ3) is 3.82. The number of hydrogen-bond donors (Lipinski definition) is 2. The van der Waals surface area contributed by atoms with E-state index in [1.54, 1.807) is 41.8 Å². The van der Waals surface area contributed by atoms with Crippen LogP contribution in [0.2, 0.25) is 0 Å². The van der Waals surface area contributed by atoms with E-state index < -0.39 is 11.5 Å². The molecule has 9 nitrogen and oxygen atoms in total. The summed E-state index contributed by atoms with van der Waals surface area (Å²) in [5.74, 6) is 5.81. The van der Waals surface area contributed by atoms with E-state index in [0.29, 0.717) is 34.7 Å². The van der Waals surface area contributed by atoms with Gasteiger partial charge in [0, 0.05) is 26.2 Å². The Morgan fingerprint density at radius 3 is 2.69 bits per heavy atom. The molecule has 32 heavy (non-hydrogen) atoms. The molecule has 0 aliphatic carbocycles. The number of nitrogens with zero attached hydrogens (tertiary/aromatic N) is 5. The van der Waals surface area contributed by atoms with E-state index in [4.69, 9.17) is 10.7 Å². The van der Waals surface area contributed by atoms with E-state index in [-0.39, 0.29) is 12.2 Å². The van der Waals surface area contributed by atoms with Crippen molar-refractivity contribution in [2.24, 2.45) is 5.73 Å². The van der Waals surface area contributed by atoms with E-state index in [0.717, 1.165) is 26.2 Å². The average molecular weight is 429 g/mol. The predicted molar refractivity (Wildman–Crippen MR) is 121 cm³/mol. The number of aromatic nitrogens is 3. The molecular formula is C23H23N7O2. The molecule has 0 bridgehead atoms. The number of pyridine rings is 1. The number of carbonyl (C=O) groups excluding carboxylic acids is 1. The molecule has 0 spiro atoms. The number of fused-ring (bicyclic) bond motifs is 1. The molecular weight excluding hydrogens is 406 g/mol. The van der Waals surface area contributed by atoms with E-state index in [1.165, 1.54) is 4.57 Å². The Balaban J connectivity index is 1.95. The lowest BCUT2D eigenvalue weighted by Gasteiger charge is -2.28. The molecule has 0 radical (unpaired) electrons. The maximum atomic E-state index is 13.7. The smallest absolute Gasteiger partial charge is 0.277 e. The molecule has 1 fully saturated rings. The topological polar surface area (TPSA) is 122 Å². The minimum atomic E-state index is -0.731. The number of imidazole rings is 1. The standard InChI is InChI=1S/C23H23N7O2/c1-2-3-10-29-20-18(27-23(29)28-11-8-26-9-12-28)13-19(21(25)31)30(22(20)32)15-17-7-5-4-6-16(17)14-24/h4-7,13,26H,8-12,15H2,1H3,(H2,25,31). The van der Waals surface area contributed by atoms with Crippen LogP contribution in [0.3, 0.4) is 0 Å². The number of hydrogen-bond acceptors (Lipinski definition) is 6. The Labute approximate surface area is 185 Å². The Bertz CT molecular complexity index is 1340. The monoisotopic (exact) mass is 429 g/mol. The van der Waals surface area contributed by atoms with Crippen molar-refractivity contribution in [2.75, 3.05) is 31.1 Å². The van der Waals surface area contributed by atoms with Crippen LogP contribution in [0.4, 0.5) is 5.95 Å². The van der Waals surface area contributed by atoms with Gasteiger partial charge in [0.1, 0.15) is 11.2 Å². The predicted octanol–water partition coefficient (Wildman–Crippen LogP) is 0.650. The van der Waals surface area contributed by atoms with E-state index in [1.807, 2.05) is 0 Å². The van der Waals surface area contributed by atoms with Crippen LogP contribution >= 0.6 is 0 Å². The molecule has 3 N–H and O–H groups in total. The van der Waals surface area contributed by atoms with Crippen molar-refractivity contribution in [3.63, 3.8) is 0 Å². The van der Waals surface area contributed by atoms with Crippen molar-refractivity contribution in [1.82, 2.24) is 19.4 Å². The summed E-state index contributed by atoms with van der Waals surface area (Å²) in [5.41, 5.74) is 7.11. The third-order valence-electron chi connectivity index (χ3n) is 5.52. The highest BCUT2D eigenvalue weighted by molar-refractivity contribution is 5.94. The van der Waals surface area contributed by atoms with Gasteiger partial charge in [0.25, 0.3) is 11.5 Å². The maximum absolute atomic E-state index is 13.7. The molecule has 1 aromatic carbocycles. The highest BCUT2D eigenvalue weighted by Crippen LogP contribution is 2.22. The van der Waals surface area contributed by atoms with E-state index >= 15 is 0 Å². The second-order valence-electron chi connectivity index (χ2n) is 7.45. The molecule has 1 aliphatic rings. The second-order valence-corrected chi connectivity index (χ2v) is 7.45. The van der Waals surface area contributed by atoms with Gasteiger partial charge in [-0.1, -0.05) is 24.1 Å². The molecule has 1 saturated heterocycles. The minimum Gasteiger partial charge on any atom is -0.364 e. The molecule has 3 heterocycles. The first-order valence-electron chi connectivity index (χ1n) is 10.3. The third-order valence-corrected chi connectivity index (χ3v) is 5.52. The van der Waals surface area contributed by atoms with Crippen molar-refractivity contribution in [2.45, 2.75) is 20.0 Å². The zero-order valence-electron chi connectivity index (χ0n) is 17.8. The molecule has 4 rings (SSSR count). The Hall–Kier alpha value is -4.08. The lowest BCUT2D eigenvalue weighted by Crippen LogP contribution is -2.44. The first-order valence-corrected chi connectivity index (χ1v) is 10.3. The van der Waals surface area contributed by atoms with Crippen LogP contribution in [0, 0.1) is 23.2 Å². The molecule has 2 aromatic heterocycles. The minimum absolute atomic E-state index is 0.0460. The van der Waals surface area contributed by atoms with Gasteiger partial charge < -0.3 is 16.0 Å². The first kappa shape index (κ1) is 21.2. The van der Waals surface area contributed by atoms with Crippen LogP contribution in [0.1, 0.15) is 28.5 Å². The summed E-state index contributed by atoms with van der Waals surface area (Å²) < 4.78 is 3.12. The highest BCUT2D eigenvalue weighted by atomic mass is 16.2. The van der Waals surface area contributed by atoms with Gasteiger partial charge in [-0.2, -0.15) is 5.26 Å². The Kier molecular flexibility index (Phi) is 5.93. The lowest BCUT2D eigenvalue weighted by atomic mass is 10.1. The van der Waals surface area contributed by atoms with Crippen LogP contribution in [0.25, 0.3) is 11.0 Å². The number of primary amides is 1. The number of amides is 1. The number of carbonyl (C=O) groups is 1. The van der Waals surface area contributed by atoms with Crippen molar-refractivity contribution in [3.8, 4) is 17.9 Å². The number of nitriles is 1. The van der Waals surface area contributed by atoms with Crippen molar-refractivity contribution in [1.29, 1.82) is 5.26 Å². The summed E-state index contributed by atoms with van der Waals surface area (Å²) in [6.07, 6.45) is 0. The summed E-state index contributed by atoms with van der Waals surface area (Å²) in [6, 6.07) is 10.6. The number of rotatable bonds is 5. The molecule has 1 aliphatic heterocycles. The maximum Gasteiger partial charge on any atom is 0.277 e. The van der Waals surface area contributed by atoms with Crippen LogP contribution in [0.15, 0.2) is 35.1 Å². The number of anilines is 1. The van der Waals surface area contributed by atoms with Gasteiger partial charge >= 0.3 is 0 Å². The second kappa shape index (κ2) is 8.96. The lowest BCUT2D eigenvalue weighted by molar-refractivity contribution is 0.0991. The fourth-order valence-electron chi connectivity index (χ4n) is 3.94. The number of benzene rings is 1. The van der Waals surface area contributed by atoms with Gasteiger partial charge in [-0.25, -0.2) is 4.98 Å². The van der Waals surface area contributed by atoms with E-state index in [9.17, 15) is 14.9 Å². The van der Waals surface area contributed by atoms with Crippen LogP contribution in [-0.4, -0.2) is 46.2 Å². The number of nitrogens with two attached hydrogens (primary N) is 1. The summed E-state index contributed by atoms with van der Waals surface area (Å²) in [6.45, 7) is 5.20. The first-order chi connectivity index (χ1) is 15.5. The molecule has 9 heteroatoms. The van der Waals surface area contributed by atoms with Gasteiger partial charge in [0.05, 0.1) is 30.2 Å². The molecule has 162 valence electrons. The summed E-state index contributed by atoms with van der Waals surface area (Å²) in [4.78, 5) is 32.7. The largest absolute Gasteiger partial charge is 0.364 e. The summed E-state index contributed by atoms with van der Waals surface area (Å²) in [5, 5.41) is 12.7. The quantitative estimate of drug-likeness (QED) is 0.575. The van der Waals surface area contributed by atoms with Gasteiger partial charge in [-0.15, -0.1) is 5.92 Å². The van der Waals surface area contributed by atoms with Crippen LogP contribution in [0.5, 0.6) is 0 Å². The molecule has 0 saturated carbocycles. The van der Waals surface area contributed by atoms with Gasteiger partial charge in [-0.3, -0.25) is 18.7 Å². The normalized spacial score (nSPS) is 13.4. The molecule has 0 atom stereocenters. The Morgan fingerprint density at radius 1 is 1.25 bits per heavy atom. The molecule has 3 aromatic rings. The van der Waals surface area contributed by atoms with Crippen LogP contribution < -0.4 is 21.5 Å². The fourth-order valence-corrected chi connectivity index (χ4v) is 3.94. The van der Waals surface area contributed by atoms with Gasteiger partial charge in [0.2, 0.25) is 5.95 Å². The van der Waals surface area contributed by atoms with Crippen molar-refractivity contribution < 1.29 is 4.79 Å². The fraction of sp³-hybridized carbons (Fsp3) is 0.304. The number of piperazine rings is 1. The average Bonchev–Trinajstić information content (AvgIpc) is 3.18. The number of nitrogens with one attached hydrogen (secondary N) is 1. The van der Waals surface area contributed by atoms with Crippen molar-refractivity contribution >= 4 is 22.9 Å². The van der Waals surface area contributed by atoms with Crippen LogP contribution in [-0.2, 0) is 13.1 Å². The molecule has 0 unspecified atom stereocenters. The molecule has 1 amide bonds. The van der Waals surface area contributed by atoms with Gasteiger partial charge in [-0.05, 0) is 24.6 Å².